The van der Waals surface area contributed by atoms with Gasteiger partial charge in [0, 0.05) is 5.56 Å². The van der Waals surface area contributed by atoms with E-state index in [9.17, 15) is 8.78 Å². The van der Waals surface area contributed by atoms with Crippen molar-refractivity contribution in [3.63, 3.8) is 0 Å². The summed E-state index contributed by atoms with van der Waals surface area (Å²) >= 11 is 1.70. The van der Waals surface area contributed by atoms with Crippen LogP contribution in [0.4, 0.5) is 8.78 Å². The molecule has 1 rings (SSSR count). The molecule has 0 aliphatic rings. The molecule has 0 unspecified atom stereocenters. The summed E-state index contributed by atoms with van der Waals surface area (Å²) in [6.45, 7) is -0.543. The van der Waals surface area contributed by atoms with Gasteiger partial charge in [0.1, 0.15) is 15.5 Å². The van der Waals surface area contributed by atoms with Gasteiger partial charge in [-0.15, -0.1) is 0 Å². The maximum Gasteiger partial charge on any atom is 0.280 e. The first-order chi connectivity index (χ1) is 6.60. The Labute approximate surface area is 92.5 Å². The maximum atomic E-state index is 12.4. The number of hydrogen-bond donors (Lipinski definition) is 1. The topological polar surface area (TPSA) is 56.9 Å². The zero-order valence-corrected chi connectivity index (χ0v) is 8.99. The first-order valence-electron chi connectivity index (χ1n) is 3.58. The van der Waals surface area contributed by atoms with E-state index in [2.05, 4.69) is 4.98 Å². The normalized spacial score (nSPS) is 10.3. The predicted octanol–water partition coefficient (Wildman–Crippen LogP) is 1.99. The highest BCUT2D eigenvalue weighted by Gasteiger charge is 2.17. The van der Waals surface area contributed by atoms with Crippen LogP contribution in [0.15, 0.2) is 6.07 Å². The van der Waals surface area contributed by atoms with Crippen LogP contribution in [0.1, 0.15) is 23.2 Å². The van der Waals surface area contributed by atoms with Crippen molar-refractivity contribution in [2.24, 2.45) is 0 Å². The third-order valence-corrected chi connectivity index (χ3v) is 2.41. The van der Waals surface area contributed by atoms with E-state index >= 15 is 0 Å². The fourth-order valence-corrected chi connectivity index (χ4v) is 1.48. The Hall–Kier alpha value is -0.810. The number of aliphatic hydroxyl groups excluding tert-OH is 1. The Balaban J connectivity index is 3.33. The zero-order valence-electron chi connectivity index (χ0n) is 6.84. The minimum absolute atomic E-state index is 0.00281. The van der Waals surface area contributed by atoms with E-state index in [0.717, 1.165) is 0 Å². The molecule has 0 amide bonds. The van der Waals surface area contributed by atoms with E-state index in [4.69, 9.17) is 10.4 Å². The quantitative estimate of drug-likeness (QED) is 0.671. The third kappa shape index (κ3) is 2.16. The minimum Gasteiger partial charge on any atom is -0.392 e. The third-order valence-electron chi connectivity index (χ3n) is 1.59. The highest BCUT2D eigenvalue weighted by molar-refractivity contribution is 14.1. The second-order valence-corrected chi connectivity index (χ2v) is 3.46. The summed E-state index contributed by atoms with van der Waals surface area (Å²) in [5.74, 6) is 0. The van der Waals surface area contributed by atoms with Gasteiger partial charge in [0.25, 0.3) is 6.43 Å². The molecule has 0 saturated heterocycles. The van der Waals surface area contributed by atoms with Gasteiger partial charge in [0.05, 0.1) is 12.2 Å². The first-order valence-corrected chi connectivity index (χ1v) is 4.66. The van der Waals surface area contributed by atoms with Crippen molar-refractivity contribution in [2.75, 3.05) is 0 Å². The van der Waals surface area contributed by atoms with Crippen LogP contribution in [0.3, 0.4) is 0 Å². The Morgan fingerprint density at radius 1 is 1.64 bits per heavy atom. The van der Waals surface area contributed by atoms with Crippen molar-refractivity contribution >= 4 is 22.6 Å². The lowest BCUT2D eigenvalue weighted by Gasteiger charge is -2.06. The second-order valence-electron chi connectivity index (χ2n) is 2.44. The van der Waals surface area contributed by atoms with Crippen molar-refractivity contribution in [1.29, 1.82) is 5.26 Å². The lowest BCUT2D eigenvalue weighted by Crippen LogP contribution is -2.02. The zero-order chi connectivity index (χ0) is 10.7. The molecule has 0 radical (unpaired) electrons. The summed E-state index contributed by atoms with van der Waals surface area (Å²) in [6, 6.07) is 3.04. The van der Waals surface area contributed by atoms with Gasteiger partial charge in [0.15, 0.2) is 0 Å². The Morgan fingerprint density at radius 2 is 2.29 bits per heavy atom. The van der Waals surface area contributed by atoms with E-state index in [1.807, 2.05) is 6.07 Å². The molecule has 3 nitrogen and oxygen atoms in total. The molecule has 1 N–H and O–H groups in total. The molecule has 0 fully saturated rings. The van der Waals surface area contributed by atoms with E-state index < -0.39 is 18.7 Å². The van der Waals surface area contributed by atoms with Gasteiger partial charge in [-0.1, -0.05) is 0 Å². The van der Waals surface area contributed by atoms with Gasteiger partial charge in [-0.2, -0.15) is 5.26 Å². The number of aromatic nitrogens is 1. The Morgan fingerprint density at radius 3 is 2.71 bits per heavy atom. The number of alkyl halides is 2. The predicted molar refractivity (Wildman–Crippen MR) is 52.5 cm³/mol. The van der Waals surface area contributed by atoms with Crippen LogP contribution >= 0.6 is 22.6 Å². The van der Waals surface area contributed by atoms with Crippen LogP contribution < -0.4 is 0 Å². The molecule has 1 aromatic heterocycles. The van der Waals surface area contributed by atoms with Crippen LogP contribution in [0.25, 0.3) is 0 Å². The molecular formula is C8H5F2IN2O. The summed E-state index contributed by atoms with van der Waals surface area (Å²) in [4.78, 5) is 3.57. The lowest BCUT2D eigenvalue weighted by atomic mass is 10.1. The molecule has 14 heavy (non-hydrogen) atoms. The van der Waals surface area contributed by atoms with Crippen LogP contribution in [0.2, 0.25) is 0 Å². The number of nitriles is 1. The number of halogens is 3. The molecule has 0 atom stereocenters. The minimum atomic E-state index is -2.74. The summed E-state index contributed by atoms with van der Waals surface area (Å²) in [5, 5.41) is 17.4. The van der Waals surface area contributed by atoms with Gasteiger partial charge in [-0.25, -0.2) is 13.8 Å². The molecule has 74 valence electrons. The molecule has 1 aromatic rings. The van der Waals surface area contributed by atoms with Crippen molar-refractivity contribution in [3.8, 4) is 6.07 Å². The molecule has 6 heteroatoms. The smallest absolute Gasteiger partial charge is 0.280 e. The van der Waals surface area contributed by atoms with Gasteiger partial charge in [-0.05, 0) is 28.7 Å². The maximum absolute atomic E-state index is 12.4. The van der Waals surface area contributed by atoms with Crippen molar-refractivity contribution in [1.82, 2.24) is 4.98 Å². The summed E-state index contributed by atoms with van der Waals surface area (Å²) in [7, 11) is 0. The molecule has 0 saturated carbocycles. The average Bonchev–Trinajstić information content (AvgIpc) is 2.17. The van der Waals surface area contributed by atoms with Crippen molar-refractivity contribution in [2.45, 2.75) is 13.0 Å². The van der Waals surface area contributed by atoms with Crippen LogP contribution in [0, 0.1) is 15.0 Å². The number of rotatable bonds is 2. The largest absolute Gasteiger partial charge is 0.392 e. The van der Waals surface area contributed by atoms with Crippen molar-refractivity contribution in [3.05, 3.63) is 26.6 Å². The van der Waals surface area contributed by atoms with Crippen LogP contribution in [-0.2, 0) is 6.61 Å². The highest BCUT2D eigenvalue weighted by atomic mass is 127. The van der Waals surface area contributed by atoms with Gasteiger partial charge < -0.3 is 5.11 Å². The molecule has 0 aromatic carbocycles. The standard InChI is InChI=1S/C8H5F2IN2O/c9-7(10)6-5(3-14)1-4(2-12)8(11)13-6/h1,7,14H,3H2. The van der Waals surface area contributed by atoms with Gasteiger partial charge >= 0.3 is 0 Å². The fourth-order valence-electron chi connectivity index (χ4n) is 0.939. The first kappa shape index (κ1) is 11.3. The van der Waals surface area contributed by atoms with Crippen LogP contribution in [-0.4, -0.2) is 10.1 Å². The number of nitrogens with zero attached hydrogens (tertiary/aromatic N) is 2. The fraction of sp³-hybridized carbons (Fsp3) is 0.250. The lowest BCUT2D eigenvalue weighted by molar-refractivity contribution is 0.141. The molecule has 0 bridgehead atoms. The van der Waals surface area contributed by atoms with Gasteiger partial charge in [0.2, 0.25) is 0 Å². The molecule has 0 aliphatic carbocycles. The van der Waals surface area contributed by atoms with E-state index in [0.29, 0.717) is 0 Å². The SMILES string of the molecule is N#Cc1cc(CO)c(C(F)F)nc1I. The average molecular weight is 310 g/mol. The number of aliphatic hydroxyl groups is 1. The molecule has 0 aliphatic heterocycles. The summed E-state index contributed by atoms with van der Waals surface area (Å²) < 4.78 is 25.0. The number of pyridine rings is 1. The highest BCUT2D eigenvalue weighted by Crippen LogP contribution is 2.23. The Bertz CT molecular complexity index is 390. The van der Waals surface area contributed by atoms with E-state index in [1.165, 1.54) is 6.07 Å². The summed E-state index contributed by atoms with van der Waals surface area (Å²) in [6.07, 6.45) is -2.74. The van der Waals surface area contributed by atoms with E-state index in [1.54, 1.807) is 22.6 Å². The van der Waals surface area contributed by atoms with Gasteiger partial charge in [-0.3, -0.25) is 0 Å². The van der Waals surface area contributed by atoms with Crippen LogP contribution in [0.5, 0.6) is 0 Å². The molecule has 1 heterocycles. The second kappa shape index (κ2) is 4.61. The summed E-state index contributed by atoms with van der Waals surface area (Å²) in [5.41, 5.74) is -0.271. The monoisotopic (exact) mass is 310 g/mol. The molecule has 0 spiro atoms. The Kier molecular flexibility index (Phi) is 3.71. The molecular weight excluding hydrogens is 305 g/mol. The number of hydrogen-bond acceptors (Lipinski definition) is 3. The van der Waals surface area contributed by atoms with E-state index in [-0.39, 0.29) is 14.8 Å². The van der Waals surface area contributed by atoms with Crippen molar-refractivity contribution < 1.29 is 13.9 Å².